The molecule has 1 unspecified atom stereocenters. The van der Waals surface area contributed by atoms with Crippen molar-refractivity contribution in [1.82, 2.24) is 15.5 Å². The third-order valence-electron chi connectivity index (χ3n) is 3.49. The molecule has 2 amide bonds. The summed E-state index contributed by atoms with van der Waals surface area (Å²) in [5.41, 5.74) is 0. The van der Waals surface area contributed by atoms with Gasteiger partial charge < -0.3 is 15.5 Å². The van der Waals surface area contributed by atoms with Crippen LogP contribution in [0.25, 0.3) is 0 Å². The molecule has 1 heterocycles. The lowest BCUT2D eigenvalue weighted by molar-refractivity contribution is 0.181. The summed E-state index contributed by atoms with van der Waals surface area (Å²) < 4.78 is 0. The van der Waals surface area contributed by atoms with Crippen LogP contribution in [0.1, 0.15) is 46.0 Å². The van der Waals surface area contributed by atoms with E-state index in [0.29, 0.717) is 0 Å². The van der Waals surface area contributed by atoms with E-state index in [0.717, 1.165) is 44.8 Å². The van der Waals surface area contributed by atoms with Gasteiger partial charge >= 0.3 is 6.03 Å². The molecule has 106 valence electrons. The molecule has 1 aliphatic rings. The van der Waals surface area contributed by atoms with Crippen LogP contribution in [0.15, 0.2) is 0 Å². The molecule has 0 spiro atoms. The molecule has 4 heteroatoms. The third kappa shape index (κ3) is 6.84. The number of unbranched alkanes of at least 4 members (excludes halogenated alkanes) is 1. The molecule has 0 aromatic rings. The fraction of sp³-hybridized carbons (Fsp3) is 0.929. The van der Waals surface area contributed by atoms with Gasteiger partial charge in [-0.3, -0.25) is 0 Å². The Morgan fingerprint density at radius 1 is 1.28 bits per heavy atom. The van der Waals surface area contributed by atoms with E-state index < -0.39 is 0 Å². The lowest BCUT2D eigenvalue weighted by Gasteiger charge is -2.30. The second-order valence-corrected chi connectivity index (χ2v) is 5.44. The zero-order chi connectivity index (χ0) is 13.2. The maximum Gasteiger partial charge on any atom is 0.314 e. The molecule has 0 saturated carbocycles. The first-order chi connectivity index (χ1) is 8.72. The topological polar surface area (TPSA) is 44.4 Å². The number of nitrogens with zero attached hydrogens (tertiary/aromatic N) is 1. The van der Waals surface area contributed by atoms with Gasteiger partial charge in [0.15, 0.2) is 0 Å². The number of piperidine rings is 1. The van der Waals surface area contributed by atoms with Crippen molar-refractivity contribution in [1.29, 1.82) is 0 Å². The molecule has 0 radical (unpaired) electrons. The molecule has 0 aliphatic carbocycles. The van der Waals surface area contributed by atoms with Crippen molar-refractivity contribution >= 4 is 6.03 Å². The largest absolute Gasteiger partial charge is 0.338 e. The standard InChI is InChI=1S/C14H29N3O/c1-3-4-8-15-14(18)16-9-6-11-17-10-5-7-13(2)12-17/h13H,3-12H2,1-2H3,(H2,15,16,18). The number of likely N-dealkylation sites (tertiary alicyclic amines) is 1. The van der Waals surface area contributed by atoms with Crippen LogP contribution in [0.3, 0.4) is 0 Å². The Kier molecular flexibility index (Phi) is 7.81. The molecule has 1 rings (SSSR count). The van der Waals surface area contributed by atoms with Crippen molar-refractivity contribution in [2.45, 2.75) is 46.0 Å². The van der Waals surface area contributed by atoms with Crippen molar-refractivity contribution in [3.63, 3.8) is 0 Å². The highest BCUT2D eigenvalue weighted by molar-refractivity contribution is 5.73. The number of urea groups is 1. The summed E-state index contributed by atoms with van der Waals surface area (Å²) in [6, 6.07) is -0.0181. The molecule has 2 N–H and O–H groups in total. The quantitative estimate of drug-likeness (QED) is 0.685. The zero-order valence-electron chi connectivity index (χ0n) is 12.0. The van der Waals surface area contributed by atoms with E-state index in [-0.39, 0.29) is 6.03 Å². The van der Waals surface area contributed by atoms with Gasteiger partial charge in [0.2, 0.25) is 0 Å². The first-order valence-corrected chi connectivity index (χ1v) is 7.46. The van der Waals surface area contributed by atoms with E-state index >= 15 is 0 Å². The lowest BCUT2D eigenvalue weighted by atomic mass is 10.0. The fourth-order valence-corrected chi connectivity index (χ4v) is 2.44. The number of amides is 2. The number of hydrogen-bond donors (Lipinski definition) is 2. The van der Waals surface area contributed by atoms with Crippen LogP contribution in [0, 0.1) is 5.92 Å². The first kappa shape index (κ1) is 15.3. The van der Waals surface area contributed by atoms with E-state index in [1.54, 1.807) is 0 Å². The lowest BCUT2D eigenvalue weighted by Crippen LogP contribution is -2.39. The van der Waals surface area contributed by atoms with Crippen molar-refractivity contribution in [3.8, 4) is 0 Å². The number of carbonyl (C=O) groups excluding carboxylic acids is 1. The normalized spacial score (nSPS) is 20.7. The van der Waals surface area contributed by atoms with Crippen molar-refractivity contribution < 1.29 is 4.79 Å². The molecule has 0 aromatic carbocycles. The second kappa shape index (κ2) is 9.20. The monoisotopic (exact) mass is 255 g/mol. The number of nitrogens with one attached hydrogen (secondary N) is 2. The summed E-state index contributed by atoms with van der Waals surface area (Å²) in [5.74, 6) is 0.837. The minimum absolute atomic E-state index is 0.0181. The number of hydrogen-bond acceptors (Lipinski definition) is 2. The van der Waals surface area contributed by atoms with E-state index in [1.165, 1.54) is 25.9 Å². The van der Waals surface area contributed by atoms with Crippen molar-refractivity contribution in [3.05, 3.63) is 0 Å². The highest BCUT2D eigenvalue weighted by atomic mass is 16.2. The van der Waals surface area contributed by atoms with Gasteiger partial charge in [-0.1, -0.05) is 20.3 Å². The summed E-state index contributed by atoms with van der Waals surface area (Å²) in [6.45, 7) is 9.58. The van der Waals surface area contributed by atoms with Crippen LogP contribution in [-0.2, 0) is 0 Å². The van der Waals surface area contributed by atoms with Crippen LogP contribution in [0.4, 0.5) is 4.79 Å². The molecular weight excluding hydrogens is 226 g/mol. The molecule has 18 heavy (non-hydrogen) atoms. The summed E-state index contributed by atoms with van der Waals surface area (Å²) in [6.07, 6.45) is 5.92. The SMILES string of the molecule is CCCCNC(=O)NCCCN1CCCC(C)C1. The third-order valence-corrected chi connectivity index (χ3v) is 3.49. The first-order valence-electron chi connectivity index (χ1n) is 7.46. The minimum atomic E-state index is -0.0181. The molecule has 1 aliphatic heterocycles. The van der Waals surface area contributed by atoms with Gasteiger partial charge in [0.05, 0.1) is 0 Å². The van der Waals surface area contributed by atoms with Crippen LogP contribution >= 0.6 is 0 Å². The van der Waals surface area contributed by atoms with Crippen LogP contribution in [-0.4, -0.2) is 43.7 Å². The van der Waals surface area contributed by atoms with Gasteiger partial charge in [-0.15, -0.1) is 0 Å². The molecule has 1 fully saturated rings. The Labute approximate surface area is 111 Å². The van der Waals surface area contributed by atoms with Gasteiger partial charge in [-0.2, -0.15) is 0 Å². The predicted octanol–water partition coefficient (Wildman–Crippen LogP) is 2.21. The molecule has 0 aromatic heterocycles. The summed E-state index contributed by atoms with van der Waals surface area (Å²) in [5, 5.41) is 5.78. The van der Waals surface area contributed by atoms with Gasteiger partial charge in [0, 0.05) is 19.6 Å². The molecule has 4 nitrogen and oxygen atoms in total. The number of rotatable bonds is 7. The summed E-state index contributed by atoms with van der Waals surface area (Å²) >= 11 is 0. The Hall–Kier alpha value is -0.770. The Morgan fingerprint density at radius 2 is 2.00 bits per heavy atom. The molecule has 1 atom stereocenters. The van der Waals surface area contributed by atoms with Crippen molar-refractivity contribution in [2.75, 3.05) is 32.7 Å². The van der Waals surface area contributed by atoms with Gasteiger partial charge in [-0.05, 0) is 44.7 Å². The molecule has 1 saturated heterocycles. The van der Waals surface area contributed by atoms with E-state index in [9.17, 15) is 4.79 Å². The number of carbonyl (C=O) groups is 1. The average Bonchev–Trinajstić information content (AvgIpc) is 2.35. The van der Waals surface area contributed by atoms with Crippen LogP contribution in [0.5, 0.6) is 0 Å². The van der Waals surface area contributed by atoms with Crippen LogP contribution in [0.2, 0.25) is 0 Å². The maximum absolute atomic E-state index is 11.4. The van der Waals surface area contributed by atoms with Gasteiger partial charge in [0.25, 0.3) is 0 Å². The Balaban J connectivity index is 1.95. The minimum Gasteiger partial charge on any atom is -0.338 e. The Bertz CT molecular complexity index is 233. The van der Waals surface area contributed by atoms with E-state index in [2.05, 4.69) is 29.4 Å². The summed E-state index contributed by atoms with van der Waals surface area (Å²) in [7, 11) is 0. The highest BCUT2D eigenvalue weighted by Crippen LogP contribution is 2.15. The fourth-order valence-electron chi connectivity index (χ4n) is 2.44. The molecular formula is C14H29N3O. The van der Waals surface area contributed by atoms with Crippen LogP contribution < -0.4 is 10.6 Å². The van der Waals surface area contributed by atoms with Gasteiger partial charge in [-0.25, -0.2) is 4.79 Å². The second-order valence-electron chi connectivity index (χ2n) is 5.44. The smallest absolute Gasteiger partial charge is 0.314 e. The average molecular weight is 255 g/mol. The highest BCUT2D eigenvalue weighted by Gasteiger charge is 2.15. The summed E-state index contributed by atoms with van der Waals surface area (Å²) in [4.78, 5) is 13.9. The van der Waals surface area contributed by atoms with Gasteiger partial charge in [0.1, 0.15) is 0 Å². The molecule has 0 bridgehead atoms. The Morgan fingerprint density at radius 3 is 2.67 bits per heavy atom. The van der Waals surface area contributed by atoms with Crippen molar-refractivity contribution in [2.24, 2.45) is 5.92 Å². The maximum atomic E-state index is 11.4. The van der Waals surface area contributed by atoms with E-state index in [4.69, 9.17) is 0 Å². The zero-order valence-corrected chi connectivity index (χ0v) is 12.0. The predicted molar refractivity (Wildman–Crippen MR) is 75.8 cm³/mol. The van der Waals surface area contributed by atoms with E-state index in [1.807, 2.05) is 0 Å².